The molecule has 1 aromatic heterocycles. The smallest absolute Gasteiger partial charge is 0.300 e. The first-order valence-electron chi connectivity index (χ1n) is 11.6. The molecule has 4 rings (SSSR count). The maximum atomic E-state index is 13.3. The van der Waals surface area contributed by atoms with E-state index in [0.717, 1.165) is 19.3 Å². The molecule has 180 valence electrons. The van der Waals surface area contributed by atoms with Crippen LogP contribution in [0.2, 0.25) is 0 Å². The van der Waals surface area contributed by atoms with Crippen molar-refractivity contribution in [1.82, 2.24) is 4.98 Å². The van der Waals surface area contributed by atoms with Gasteiger partial charge in [0.15, 0.2) is 0 Å². The van der Waals surface area contributed by atoms with Crippen molar-refractivity contribution in [2.75, 3.05) is 18.6 Å². The number of hydrogen-bond acceptors (Lipinski definition) is 6. The number of amides is 1. The van der Waals surface area contributed by atoms with Gasteiger partial charge in [-0.05, 0) is 60.5 Å². The van der Waals surface area contributed by atoms with Gasteiger partial charge in [-0.1, -0.05) is 31.9 Å². The van der Waals surface area contributed by atoms with Crippen LogP contribution in [0.4, 0.5) is 5.69 Å². The lowest BCUT2D eigenvalue weighted by Crippen LogP contribution is -2.29. The number of rotatable bonds is 9. The number of Topliss-reactive ketones (excluding diaryl/α,β-unsaturated/α-hetero) is 1. The summed E-state index contributed by atoms with van der Waals surface area (Å²) in [5.74, 6) is -0.639. The molecule has 1 N–H and O–H groups in total. The number of benzene rings is 2. The quantitative estimate of drug-likeness (QED) is 0.197. The SMILES string of the molecule is CCCCCOc1ccc(/C(O)=C2\C(=O)C(=O)N(c3ccccc3OC)C2c2ccncc2)cc1. The summed E-state index contributed by atoms with van der Waals surface area (Å²) < 4.78 is 11.2. The van der Waals surface area contributed by atoms with Crippen LogP contribution in [0.1, 0.15) is 43.4 Å². The first-order chi connectivity index (χ1) is 17.1. The van der Waals surface area contributed by atoms with Crippen molar-refractivity contribution < 1.29 is 24.2 Å². The molecule has 1 aliphatic rings. The van der Waals surface area contributed by atoms with E-state index >= 15 is 0 Å². The number of aliphatic hydroxyl groups excluding tert-OH is 1. The second kappa shape index (κ2) is 10.9. The zero-order chi connectivity index (χ0) is 24.8. The number of ketones is 1. The molecule has 1 amide bonds. The van der Waals surface area contributed by atoms with E-state index in [2.05, 4.69) is 11.9 Å². The number of carbonyl (C=O) groups excluding carboxylic acids is 2. The molecule has 3 aromatic rings. The molecule has 0 radical (unpaired) electrons. The number of aliphatic hydroxyl groups is 1. The second-order valence-electron chi connectivity index (χ2n) is 8.20. The summed E-state index contributed by atoms with van der Waals surface area (Å²) in [6, 6.07) is 16.4. The van der Waals surface area contributed by atoms with E-state index in [0.29, 0.717) is 34.9 Å². The normalized spacial score (nSPS) is 17.0. The van der Waals surface area contributed by atoms with Crippen molar-refractivity contribution in [3.63, 3.8) is 0 Å². The third kappa shape index (κ3) is 4.89. The Kier molecular flexibility index (Phi) is 7.45. The van der Waals surface area contributed by atoms with Gasteiger partial charge in [0.1, 0.15) is 17.3 Å². The third-order valence-electron chi connectivity index (χ3n) is 5.96. The minimum absolute atomic E-state index is 0.00344. The Balaban J connectivity index is 1.76. The van der Waals surface area contributed by atoms with E-state index in [1.807, 2.05) is 0 Å². The topological polar surface area (TPSA) is 89.0 Å². The maximum Gasteiger partial charge on any atom is 0.300 e. The number of ether oxygens (including phenoxy) is 2. The molecule has 2 aromatic carbocycles. The standard InChI is InChI=1S/C28H28N2O5/c1-3-4-7-18-35-21-12-10-20(11-13-21)26(31)24-25(19-14-16-29-17-15-19)30(28(33)27(24)32)22-8-5-6-9-23(22)34-2/h5-6,8-17,25,31H,3-4,7,18H2,1-2H3/b26-24+. The van der Waals surface area contributed by atoms with Gasteiger partial charge in [-0.2, -0.15) is 0 Å². The molecular weight excluding hydrogens is 444 g/mol. The Morgan fingerprint density at radius 3 is 2.40 bits per heavy atom. The minimum atomic E-state index is -0.848. The van der Waals surface area contributed by atoms with E-state index in [9.17, 15) is 14.7 Å². The summed E-state index contributed by atoms with van der Waals surface area (Å²) in [6.07, 6.45) is 6.35. The number of anilines is 1. The maximum absolute atomic E-state index is 13.3. The molecule has 7 heteroatoms. The predicted molar refractivity (Wildman–Crippen MR) is 133 cm³/mol. The highest BCUT2D eigenvalue weighted by atomic mass is 16.5. The van der Waals surface area contributed by atoms with Gasteiger partial charge in [-0.25, -0.2) is 0 Å². The fourth-order valence-electron chi connectivity index (χ4n) is 4.18. The Hall–Kier alpha value is -4.13. The van der Waals surface area contributed by atoms with Gasteiger partial charge in [-0.3, -0.25) is 19.5 Å². The summed E-state index contributed by atoms with van der Waals surface area (Å²) in [5.41, 5.74) is 1.50. The van der Waals surface area contributed by atoms with Crippen LogP contribution < -0.4 is 14.4 Å². The number of pyridine rings is 1. The largest absolute Gasteiger partial charge is 0.507 e. The number of methoxy groups -OCH3 is 1. The number of nitrogens with zero attached hydrogens (tertiary/aromatic N) is 2. The van der Waals surface area contributed by atoms with Gasteiger partial charge < -0.3 is 14.6 Å². The molecule has 2 heterocycles. The highest BCUT2D eigenvalue weighted by Gasteiger charge is 2.47. The molecule has 0 bridgehead atoms. The van der Waals surface area contributed by atoms with E-state index in [-0.39, 0.29) is 11.3 Å². The molecule has 1 saturated heterocycles. The number of para-hydroxylation sites is 2. The number of unbranched alkanes of at least 4 members (excludes halogenated alkanes) is 2. The molecule has 0 spiro atoms. The first-order valence-corrected chi connectivity index (χ1v) is 11.6. The highest BCUT2D eigenvalue weighted by Crippen LogP contribution is 2.44. The fraction of sp³-hybridized carbons (Fsp3) is 0.250. The Bertz CT molecular complexity index is 1220. The second-order valence-corrected chi connectivity index (χ2v) is 8.20. The van der Waals surface area contributed by atoms with Gasteiger partial charge in [-0.15, -0.1) is 0 Å². The average molecular weight is 473 g/mol. The molecule has 1 unspecified atom stereocenters. The van der Waals surface area contributed by atoms with Crippen LogP contribution in [-0.2, 0) is 9.59 Å². The monoisotopic (exact) mass is 472 g/mol. The number of carbonyl (C=O) groups is 2. The minimum Gasteiger partial charge on any atom is -0.507 e. The van der Waals surface area contributed by atoms with Gasteiger partial charge in [0, 0.05) is 18.0 Å². The van der Waals surface area contributed by atoms with Crippen LogP contribution in [0.3, 0.4) is 0 Å². The average Bonchev–Trinajstić information content (AvgIpc) is 3.17. The van der Waals surface area contributed by atoms with Gasteiger partial charge >= 0.3 is 0 Å². The van der Waals surface area contributed by atoms with Crippen molar-refractivity contribution in [3.05, 3.63) is 89.8 Å². The predicted octanol–water partition coefficient (Wildman–Crippen LogP) is 5.29. The van der Waals surface area contributed by atoms with Crippen LogP contribution in [0.15, 0.2) is 78.6 Å². The van der Waals surface area contributed by atoms with Gasteiger partial charge in [0.05, 0.1) is 31.0 Å². The van der Waals surface area contributed by atoms with Gasteiger partial charge in [0.2, 0.25) is 0 Å². The summed E-state index contributed by atoms with van der Waals surface area (Å²) in [4.78, 5) is 32.0. The van der Waals surface area contributed by atoms with Crippen molar-refractivity contribution in [2.24, 2.45) is 0 Å². The molecular formula is C28H28N2O5. The Morgan fingerprint density at radius 1 is 1.00 bits per heavy atom. The molecule has 0 saturated carbocycles. The zero-order valence-electron chi connectivity index (χ0n) is 19.8. The summed E-state index contributed by atoms with van der Waals surface area (Å²) >= 11 is 0. The molecule has 35 heavy (non-hydrogen) atoms. The number of hydrogen-bond donors (Lipinski definition) is 1. The lowest BCUT2D eigenvalue weighted by atomic mass is 9.95. The van der Waals surface area contributed by atoms with Crippen molar-refractivity contribution in [3.8, 4) is 11.5 Å². The van der Waals surface area contributed by atoms with Crippen LogP contribution in [0.5, 0.6) is 11.5 Å². The molecule has 7 nitrogen and oxygen atoms in total. The third-order valence-corrected chi connectivity index (χ3v) is 5.96. The lowest BCUT2D eigenvalue weighted by molar-refractivity contribution is -0.132. The van der Waals surface area contributed by atoms with E-state index < -0.39 is 17.7 Å². The van der Waals surface area contributed by atoms with Crippen molar-refractivity contribution in [2.45, 2.75) is 32.2 Å². The molecule has 0 aliphatic carbocycles. The van der Waals surface area contributed by atoms with E-state index in [4.69, 9.17) is 9.47 Å². The van der Waals surface area contributed by atoms with Crippen molar-refractivity contribution in [1.29, 1.82) is 0 Å². The first kappa shape index (κ1) is 24.0. The zero-order valence-corrected chi connectivity index (χ0v) is 19.8. The molecule has 1 atom stereocenters. The lowest BCUT2D eigenvalue weighted by Gasteiger charge is -2.26. The van der Waals surface area contributed by atoms with Crippen molar-refractivity contribution >= 4 is 23.1 Å². The Labute approximate surface area is 204 Å². The van der Waals surface area contributed by atoms with Crippen LogP contribution >= 0.6 is 0 Å². The van der Waals surface area contributed by atoms with E-state index in [1.54, 1.807) is 73.1 Å². The summed E-state index contributed by atoms with van der Waals surface area (Å²) in [7, 11) is 1.50. The van der Waals surface area contributed by atoms with E-state index in [1.165, 1.54) is 12.0 Å². The fourth-order valence-corrected chi connectivity index (χ4v) is 4.18. The molecule has 1 fully saturated rings. The molecule has 1 aliphatic heterocycles. The summed E-state index contributed by atoms with van der Waals surface area (Å²) in [6.45, 7) is 2.75. The highest BCUT2D eigenvalue weighted by molar-refractivity contribution is 6.51. The Morgan fingerprint density at radius 2 is 1.71 bits per heavy atom. The van der Waals surface area contributed by atoms with Crippen LogP contribution in [-0.4, -0.2) is 35.5 Å². The summed E-state index contributed by atoms with van der Waals surface area (Å²) in [5, 5.41) is 11.3. The number of aromatic nitrogens is 1. The van der Waals surface area contributed by atoms with Gasteiger partial charge in [0.25, 0.3) is 11.7 Å². The van der Waals surface area contributed by atoms with Crippen LogP contribution in [0.25, 0.3) is 5.76 Å². The van der Waals surface area contributed by atoms with Crippen LogP contribution in [0, 0.1) is 0 Å².